The second-order valence-corrected chi connectivity index (χ2v) is 3.16. The van der Waals surface area contributed by atoms with Crippen LogP contribution in [0.2, 0.25) is 0 Å². The molecule has 1 saturated heterocycles. The van der Waals surface area contributed by atoms with Crippen LogP contribution in [-0.4, -0.2) is 22.1 Å². The first-order chi connectivity index (χ1) is 7.09. The molecule has 0 bridgehead atoms. The van der Waals surface area contributed by atoms with Gasteiger partial charge >= 0.3 is 35.5 Å². The zero-order chi connectivity index (χ0) is 11.0. The number of epoxide rings is 1. The number of hydrogen-bond acceptors (Lipinski definition) is 4. The number of aliphatic carboxylic acids is 1. The smallest absolute Gasteiger partial charge is 0.479 e. The van der Waals surface area contributed by atoms with Crippen LogP contribution in [0.5, 0.6) is 0 Å². The Kier molecular flexibility index (Phi) is 4.03. The molecule has 0 aromatic heterocycles. The summed E-state index contributed by atoms with van der Waals surface area (Å²) in [6.07, 6.45) is -1.28. The first-order valence-corrected chi connectivity index (χ1v) is 4.22. The summed E-state index contributed by atoms with van der Waals surface area (Å²) in [6.45, 7) is 0. The van der Waals surface area contributed by atoms with E-state index in [-0.39, 0.29) is 35.2 Å². The fourth-order valence-electron chi connectivity index (χ4n) is 1.34. The van der Waals surface area contributed by atoms with Gasteiger partial charge in [0.25, 0.3) is 5.69 Å². The van der Waals surface area contributed by atoms with Crippen LogP contribution in [0.4, 0.5) is 5.69 Å². The van der Waals surface area contributed by atoms with Gasteiger partial charge in [-0.05, 0) is 17.7 Å². The predicted molar refractivity (Wildman–Crippen MR) is 48.3 cm³/mol. The van der Waals surface area contributed by atoms with E-state index in [4.69, 9.17) is 9.84 Å². The van der Waals surface area contributed by atoms with E-state index in [1.54, 1.807) is 0 Å². The van der Waals surface area contributed by atoms with Crippen molar-refractivity contribution in [2.24, 2.45) is 0 Å². The summed E-state index contributed by atoms with van der Waals surface area (Å²) in [7, 11) is 0. The average molecular weight is 232 g/mol. The third-order valence-electron chi connectivity index (χ3n) is 2.17. The van der Waals surface area contributed by atoms with E-state index >= 15 is 0 Å². The molecule has 0 amide bonds. The number of rotatable bonds is 3. The molecule has 1 aromatic rings. The molecular formula is C9H7NNaO5+. The Labute approximate surface area is 113 Å². The molecule has 1 heterocycles. The van der Waals surface area contributed by atoms with Gasteiger partial charge < -0.3 is 9.84 Å². The monoisotopic (exact) mass is 232 g/mol. The third-order valence-corrected chi connectivity index (χ3v) is 2.17. The molecular weight excluding hydrogens is 225 g/mol. The quantitative estimate of drug-likeness (QED) is 0.285. The number of hydrogen-bond donors (Lipinski definition) is 1. The maximum atomic E-state index is 10.5. The normalized spacial score (nSPS) is 22.0. The number of carbonyl (C=O) groups is 1. The number of carboxylic acids is 1. The van der Waals surface area contributed by atoms with Gasteiger partial charge in [-0.1, -0.05) is 0 Å². The van der Waals surface area contributed by atoms with E-state index in [1.807, 2.05) is 0 Å². The van der Waals surface area contributed by atoms with Gasteiger partial charge in [-0.3, -0.25) is 10.1 Å². The number of ether oxygens (including phenoxy) is 1. The zero-order valence-corrected chi connectivity index (χ0v) is 10.5. The molecule has 1 N–H and O–H groups in total. The first-order valence-electron chi connectivity index (χ1n) is 4.22. The largest absolute Gasteiger partial charge is 1.00 e. The Balaban J connectivity index is 0.00000128. The number of nitro groups is 1. The Morgan fingerprint density at radius 1 is 1.38 bits per heavy atom. The minimum atomic E-state index is -1.02. The molecule has 2 unspecified atom stereocenters. The summed E-state index contributed by atoms with van der Waals surface area (Å²) < 4.78 is 4.90. The maximum absolute atomic E-state index is 10.5. The SMILES string of the molecule is O=C(O)C1OC1c1ccc([N+](=O)[O-])cc1.[Na+]. The molecule has 2 rings (SSSR count). The van der Waals surface area contributed by atoms with Gasteiger partial charge in [0.1, 0.15) is 6.10 Å². The van der Waals surface area contributed by atoms with Crippen molar-refractivity contribution in [2.45, 2.75) is 12.2 Å². The van der Waals surface area contributed by atoms with Crippen LogP contribution in [0, 0.1) is 10.1 Å². The molecule has 1 aromatic carbocycles. The van der Waals surface area contributed by atoms with E-state index in [9.17, 15) is 14.9 Å². The Morgan fingerprint density at radius 3 is 2.31 bits per heavy atom. The molecule has 1 aliphatic heterocycles. The van der Waals surface area contributed by atoms with Crippen molar-refractivity contribution in [1.82, 2.24) is 0 Å². The Hall–Kier alpha value is -0.950. The number of nitrogens with zero attached hydrogens (tertiary/aromatic N) is 1. The Bertz CT molecular complexity index is 418. The number of benzene rings is 1. The van der Waals surface area contributed by atoms with Crippen molar-refractivity contribution in [3.05, 3.63) is 39.9 Å². The molecule has 1 fully saturated rings. The summed E-state index contributed by atoms with van der Waals surface area (Å²) in [6, 6.07) is 5.67. The van der Waals surface area contributed by atoms with E-state index < -0.39 is 23.1 Å². The standard InChI is InChI=1S/C9H7NO5.Na/c11-9(12)8-7(15-8)5-1-3-6(4-2-5)10(13)14;/h1-4,7-8H,(H,11,12);/q;+1. The van der Waals surface area contributed by atoms with Crippen LogP contribution in [-0.2, 0) is 9.53 Å². The predicted octanol–water partition coefficient (Wildman–Crippen LogP) is -1.88. The van der Waals surface area contributed by atoms with Crippen LogP contribution in [0.3, 0.4) is 0 Å². The average Bonchev–Trinajstić information content (AvgIpc) is 2.97. The molecule has 78 valence electrons. The van der Waals surface area contributed by atoms with E-state index in [2.05, 4.69) is 0 Å². The maximum Gasteiger partial charge on any atom is 1.00 e. The number of non-ortho nitro benzene ring substituents is 1. The molecule has 7 heteroatoms. The van der Waals surface area contributed by atoms with Gasteiger partial charge in [0.15, 0.2) is 6.10 Å². The first kappa shape index (κ1) is 13.1. The van der Waals surface area contributed by atoms with Crippen molar-refractivity contribution in [2.75, 3.05) is 0 Å². The van der Waals surface area contributed by atoms with Gasteiger partial charge in [0, 0.05) is 12.1 Å². The number of nitro benzene ring substituents is 1. The van der Waals surface area contributed by atoms with Crippen molar-refractivity contribution >= 4 is 11.7 Å². The van der Waals surface area contributed by atoms with Crippen LogP contribution in [0.15, 0.2) is 24.3 Å². The summed E-state index contributed by atoms with van der Waals surface area (Å²) >= 11 is 0. The van der Waals surface area contributed by atoms with Crippen molar-refractivity contribution < 1.29 is 49.1 Å². The minimum absolute atomic E-state index is 0. The van der Waals surface area contributed by atoms with Gasteiger partial charge in [-0.25, -0.2) is 4.79 Å². The van der Waals surface area contributed by atoms with Crippen molar-refractivity contribution in [3.63, 3.8) is 0 Å². The van der Waals surface area contributed by atoms with Crippen LogP contribution >= 0.6 is 0 Å². The molecule has 0 aliphatic carbocycles. The molecule has 16 heavy (non-hydrogen) atoms. The van der Waals surface area contributed by atoms with Gasteiger partial charge in [0.2, 0.25) is 0 Å². The van der Waals surface area contributed by atoms with Crippen molar-refractivity contribution in [1.29, 1.82) is 0 Å². The zero-order valence-electron chi connectivity index (χ0n) is 8.49. The van der Waals surface area contributed by atoms with Crippen LogP contribution in [0.25, 0.3) is 0 Å². The van der Waals surface area contributed by atoms with E-state index in [0.717, 1.165) is 0 Å². The van der Waals surface area contributed by atoms with Gasteiger partial charge in [-0.15, -0.1) is 0 Å². The molecule has 1 aliphatic rings. The van der Waals surface area contributed by atoms with Gasteiger partial charge in [-0.2, -0.15) is 0 Å². The molecule has 0 radical (unpaired) electrons. The summed E-state index contributed by atoms with van der Waals surface area (Å²) in [5, 5.41) is 18.9. The second kappa shape index (κ2) is 4.92. The van der Waals surface area contributed by atoms with Gasteiger partial charge in [0.05, 0.1) is 4.92 Å². The topological polar surface area (TPSA) is 93.0 Å². The fourth-order valence-corrected chi connectivity index (χ4v) is 1.34. The molecule has 0 spiro atoms. The molecule has 2 atom stereocenters. The number of carboxylic acid groups (broad SMARTS) is 1. The Morgan fingerprint density at radius 2 is 1.94 bits per heavy atom. The van der Waals surface area contributed by atoms with E-state index in [0.29, 0.717) is 5.56 Å². The summed E-state index contributed by atoms with van der Waals surface area (Å²) in [5.41, 5.74) is 0.624. The summed E-state index contributed by atoms with van der Waals surface area (Å²) in [5.74, 6) is -1.02. The third kappa shape index (κ3) is 2.59. The molecule has 6 nitrogen and oxygen atoms in total. The summed E-state index contributed by atoms with van der Waals surface area (Å²) in [4.78, 5) is 20.3. The van der Waals surface area contributed by atoms with Crippen molar-refractivity contribution in [3.8, 4) is 0 Å². The second-order valence-electron chi connectivity index (χ2n) is 3.16. The molecule has 0 saturated carbocycles. The van der Waals surface area contributed by atoms with Crippen LogP contribution in [0.1, 0.15) is 11.7 Å². The minimum Gasteiger partial charge on any atom is -0.479 e. The fraction of sp³-hybridized carbons (Fsp3) is 0.222. The van der Waals surface area contributed by atoms with E-state index in [1.165, 1.54) is 24.3 Å². The van der Waals surface area contributed by atoms with Crippen LogP contribution < -0.4 is 29.6 Å².